The molecule has 6 heterocycles. The van der Waals surface area contributed by atoms with Crippen LogP contribution in [0.3, 0.4) is 0 Å². The number of hydrogen-bond acceptors (Lipinski definition) is 2. The Bertz CT molecular complexity index is 4550. The van der Waals surface area contributed by atoms with Crippen LogP contribution in [0.25, 0.3) is 110 Å². The van der Waals surface area contributed by atoms with E-state index in [1.165, 1.54) is 54.1 Å². The molecule has 6 nitrogen and oxygen atoms in total. The zero-order valence-electron chi connectivity index (χ0n) is 39.2. The highest BCUT2D eigenvalue weighted by molar-refractivity contribution is 6.98. The summed E-state index contributed by atoms with van der Waals surface area (Å²) >= 11 is 0. The van der Waals surface area contributed by atoms with Crippen LogP contribution in [0, 0.1) is 0 Å². The largest absolute Gasteiger partial charge is 0.456 e. The average molecular weight is 931 g/mol. The van der Waals surface area contributed by atoms with Gasteiger partial charge in [0, 0.05) is 66.4 Å². The van der Waals surface area contributed by atoms with Gasteiger partial charge in [0.15, 0.2) is 0 Å². The van der Waals surface area contributed by atoms with Gasteiger partial charge in [-0.2, -0.15) is 0 Å². The molecule has 17 rings (SSSR count). The zero-order chi connectivity index (χ0) is 47.5. The predicted molar refractivity (Wildman–Crippen MR) is 301 cm³/mol. The lowest BCUT2D eigenvalue weighted by Crippen LogP contribution is -2.57. The molecule has 0 aliphatic carbocycles. The van der Waals surface area contributed by atoms with Gasteiger partial charge in [0.25, 0.3) is 6.71 Å². The number of ether oxygens (including phenoxy) is 2. The average Bonchev–Trinajstić information content (AvgIpc) is 4.18. The van der Waals surface area contributed by atoms with Crippen molar-refractivity contribution in [2.24, 2.45) is 0 Å². The molecule has 7 heteroatoms. The summed E-state index contributed by atoms with van der Waals surface area (Å²) in [5.74, 6) is 3.23. The van der Waals surface area contributed by atoms with Crippen molar-refractivity contribution in [3.8, 4) is 45.7 Å². The summed E-state index contributed by atoms with van der Waals surface area (Å²) in [7, 11) is 0. The van der Waals surface area contributed by atoms with Crippen LogP contribution in [0.15, 0.2) is 237 Å². The Morgan fingerprint density at radius 2 is 0.589 bits per heavy atom. The van der Waals surface area contributed by atoms with Crippen LogP contribution >= 0.6 is 0 Å². The predicted octanol–water partition coefficient (Wildman–Crippen LogP) is 14.8. The lowest BCUT2D eigenvalue weighted by atomic mass is 9.34. The maximum Gasteiger partial charge on any atom is 0.260 e. The normalized spacial score (nSPS) is 12.8. The number of para-hydroxylation sites is 9. The number of rotatable bonds is 4. The van der Waals surface area contributed by atoms with E-state index in [2.05, 4.69) is 255 Å². The van der Waals surface area contributed by atoms with Crippen LogP contribution in [0.1, 0.15) is 0 Å². The minimum absolute atomic E-state index is 0.195. The molecule has 2 aliphatic heterocycles. The van der Waals surface area contributed by atoms with Crippen molar-refractivity contribution >= 4 is 110 Å². The molecule has 0 unspecified atom stereocenters. The summed E-state index contributed by atoms with van der Waals surface area (Å²) in [6, 6.07) is 85.7. The van der Waals surface area contributed by atoms with Crippen LogP contribution < -0.4 is 25.9 Å². The number of aromatic nitrogens is 4. The van der Waals surface area contributed by atoms with Gasteiger partial charge >= 0.3 is 0 Å². The van der Waals surface area contributed by atoms with Gasteiger partial charge in [-0.1, -0.05) is 152 Å². The molecular weight excluding hydrogens is 892 g/mol. The van der Waals surface area contributed by atoms with Gasteiger partial charge in [-0.25, -0.2) is 0 Å². The molecule has 0 atom stereocenters. The van der Waals surface area contributed by atoms with E-state index in [1.54, 1.807) is 0 Å². The SMILES string of the molecule is c1cc2c(c(-n3c4ccccc4c4ccccc43)c1)Oc1cc(-n3c4ccccc4c4cc(-n5c6ccccc6c6ccccc65)ccc43)cc3c1B2c1cccc(-n2c4ccccc4c4ccccc42)c1O3. The highest BCUT2D eigenvalue weighted by Gasteiger charge is 2.43. The Kier molecular flexibility index (Phi) is 7.73. The number of nitrogens with zero attached hydrogens (tertiary/aromatic N) is 4. The molecule has 0 radical (unpaired) electrons. The minimum atomic E-state index is -0.195. The Labute approximate surface area is 418 Å². The highest BCUT2D eigenvalue weighted by atomic mass is 16.5. The summed E-state index contributed by atoms with van der Waals surface area (Å²) < 4.78 is 24.6. The second kappa shape index (κ2) is 14.4. The molecule has 2 aliphatic rings. The second-order valence-electron chi connectivity index (χ2n) is 19.5. The van der Waals surface area contributed by atoms with E-state index in [4.69, 9.17) is 9.47 Å². The van der Waals surface area contributed by atoms with Crippen molar-refractivity contribution in [2.45, 2.75) is 0 Å². The fourth-order valence-electron chi connectivity index (χ4n) is 12.9. The summed E-state index contributed by atoms with van der Waals surface area (Å²) in [5.41, 5.74) is 16.4. The molecule has 0 bridgehead atoms. The standard InChI is InChI=1S/C66H39BN4O2/c1-8-26-52-42(17-1)43-18-2-9-27-53(43)68(52)40-35-36-59-49(37-40)48-23-7-10-28-54(48)69(59)41-38-62-64-63(39-41)73-66-51(25-16-34-61(66)71-57-31-13-5-21-46(57)47-22-6-14-32-58(47)71)67(64)50-24-15-33-60(65(50)72-62)70-55-29-11-3-19-44(55)45-20-4-12-30-56(45)70/h1-39H. The van der Waals surface area contributed by atoms with E-state index in [0.717, 1.165) is 95.2 Å². The molecule has 4 aromatic heterocycles. The van der Waals surface area contributed by atoms with Crippen LogP contribution in [-0.2, 0) is 0 Å². The van der Waals surface area contributed by atoms with Gasteiger partial charge in [0.1, 0.15) is 23.0 Å². The first-order valence-electron chi connectivity index (χ1n) is 25.0. The van der Waals surface area contributed by atoms with E-state index in [-0.39, 0.29) is 6.71 Å². The van der Waals surface area contributed by atoms with E-state index < -0.39 is 0 Å². The molecule has 73 heavy (non-hydrogen) atoms. The van der Waals surface area contributed by atoms with Gasteiger partial charge < -0.3 is 27.7 Å². The smallest absolute Gasteiger partial charge is 0.260 e. The van der Waals surface area contributed by atoms with E-state index in [9.17, 15) is 0 Å². The highest BCUT2D eigenvalue weighted by Crippen LogP contribution is 2.45. The number of fused-ring (bicyclic) bond motifs is 16. The third-order valence-corrected chi connectivity index (χ3v) is 15.9. The van der Waals surface area contributed by atoms with Crippen molar-refractivity contribution in [3.05, 3.63) is 237 Å². The molecule has 0 spiro atoms. The van der Waals surface area contributed by atoms with Crippen molar-refractivity contribution in [1.82, 2.24) is 18.3 Å². The Balaban J connectivity index is 0.934. The third kappa shape index (κ3) is 5.22. The van der Waals surface area contributed by atoms with Crippen molar-refractivity contribution < 1.29 is 9.47 Å². The second-order valence-corrected chi connectivity index (χ2v) is 19.5. The van der Waals surface area contributed by atoms with Crippen molar-refractivity contribution in [2.75, 3.05) is 0 Å². The molecule has 15 aromatic rings. The van der Waals surface area contributed by atoms with Crippen molar-refractivity contribution in [1.29, 1.82) is 0 Å². The van der Waals surface area contributed by atoms with E-state index in [1.807, 2.05) is 0 Å². The molecule has 0 fully saturated rings. The maximum absolute atomic E-state index is 7.50. The quantitative estimate of drug-likeness (QED) is 0.165. The first-order chi connectivity index (χ1) is 36.2. The van der Waals surface area contributed by atoms with Gasteiger partial charge in [0.05, 0.1) is 61.2 Å². The van der Waals surface area contributed by atoms with Gasteiger partial charge in [0.2, 0.25) is 0 Å². The fourth-order valence-corrected chi connectivity index (χ4v) is 12.9. The summed E-state index contributed by atoms with van der Waals surface area (Å²) in [6.45, 7) is -0.195. The van der Waals surface area contributed by atoms with Crippen LogP contribution in [-0.4, -0.2) is 25.0 Å². The monoisotopic (exact) mass is 930 g/mol. The Morgan fingerprint density at radius 1 is 0.260 bits per heavy atom. The molecule has 0 saturated heterocycles. The lowest BCUT2D eigenvalue weighted by molar-refractivity contribution is 0.462. The van der Waals surface area contributed by atoms with Crippen LogP contribution in [0.4, 0.5) is 0 Å². The molecular formula is C66H39BN4O2. The third-order valence-electron chi connectivity index (χ3n) is 15.9. The Morgan fingerprint density at radius 3 is 0.986 bits per heavy atom. The zero-order valence-corrected chi connectivity index (χ0v) is 39.2. The summed E-state index contributed by atoms with van der Waals surface area (Å²) in [6.07, 6.45) is 0. The van der Waals surface area contributed by atoms with Crippen LogP contribution in [0.5, 0.6) is 23.0 Å². The maximum atomic E-state index is 7.50. The van der Waals surface area contributed by atoms with Gasteiger partial charge in [-0.05, 0) is 83.7 Å². The molecule has 11 aromatic carbocycles. The number of benzene rings is 11. The van der Waals surface area contributed by atoms with Crippen LogP contribution in [0.2, 0.25) is 0 Å². The molecule has 0 amide bonds. The minimum Gasteiger partial charge on any atom is -0.456 e. The topological polar surface area (TPSA) is 38.2 Å². The van der Waals surface area contributed by atoms with E-state index in [0.29, 0.717) is 0 Å². The van der Waals surface area contributed by atoms with Gasteiger partial charge in [-0.15, -0.1) is 0 Å². The molecule has 338 valence electrons. The first kappa shape index (κ1) is 39.1. The lowest BCUT2D eigenvalue weighted by Gasteiger charge is -2.35. The Hall–Kier alpha value is -9.72. The first-order valence-corrected chi connectivity index (χ1v) is 25.0. The summed E-state index contributed by atoms with van der Waals surface area (Å²) in [5, 5.41) is 9.64. The number of hydrogen-bond donors (Lipinski definition) is 0. The fraction of sp³-hybridized carbons (Fsp3) is 0. The summed E-state index contributed by atoms with van der Waals surface area (Å²) in [4.78, 5) is 0. The van der Waals surface area contributed by atoms with Crippen molar-refractivity contribution in [3.63, 3.8) is 0 Å². The van der Waals surface area contributed by atoms with E-state index >= 15 is 0 Å². The van der Waals surface area contributed by atoms with Gasteiger partial charge in [-0.3, -0.25) is 0 Å². The molecule has 0 saturated carbocycles. The molecule has 0 N–H and O–H groups in total.